The first-order valence-electron chi connectivity index (χ1n) is 7.57. The van der Waals surface area contributed by atoms with Gasteiger partial charge in [-0.3, -0.25) is 4.79 Å². The molecule has 1 saturated heterocycles. The minimum atomic E-state index is -0.0264. The molecule has 0 bridgehead atoms. The van der Waals surface area contributed by atoms with E-state index in [1.165, 1.54) is 0 Å². The quantitative estimate of drug-likeness (QED) is 0.859. The van der Waals surface area contributed by atoms with Crippen LogP contribution in [0.1, 0.15) is 15.9 Å². The zero-order valence-corrected chi connectivity index (χ0v) is 12.4. The third-order valence-electron chi connectivity index (χ3n) is 3.78. The number of benzene rings is 2. The van der Waals surface area contributed by atoms with E-state index in [2.05, 4.69) is 10.6 Å². The maximum absolute atomic E-state index is 12.0. The average Bonchev–Trinajstić information content (AvgIpc) is 2.53. The monoisotopic (exact) mass is 296 g/mol. The molecule has 3 rings (SSSR count). The molecule has 0 aromatic heterocycles. The number of nitrogens with one attached hydrogen (secondary N) is 2. The molecule has 2 aromatic carbocycles. The molecule has 4 nitrogen and oxygen atoms in total. The molecule has 0 spiro atoms. The maximum Gasteiger partial charge on any atom is 0.251 e. The molecule has 1 fully saturated rings. The summed E-state index contributed by atoms with van der Waals surface area (Å²) in [6.07, 6.45) is 0. The first-order chi connectivity index (χ1) is 10.8. The van der Waals surface area contributed by atoms with E-state index in [9.17, 15) is 4.79 Å². The Bertz CT molecular complexity index is 607. The summed E-state index contributed by atoms with van der Waals surface area (Å²) in [7, 11) is 0. The van der Waals surface area contributed by atoms with Gasteiger partial charge in [-0.1, -0.05) is 30.3 Å². The Morgan fingerprint density at radius 2 is 1.82 bits per heavy atom. The molecule has 0 aliphatic carbocycles. The third kappa shape index (κ3) is 3.86. The number of carbonyl (C=O) groups excluding carboxylic acids is 1. The van der Waals surface area contributed by atoms with Crippen LogP contribution in [0.4, 0.5) is 0 Å². The third-order valence-corrected chi connectivity index (χ3v) is 3.78. The lowest BCUT2D eigenvalue weighted by atomic mass is 10.0. The molecule has 1 aliphatic rings. The van der Waals surface area contributed by atoms with Gasteiger partial charge in [-0.15, -0.1) is 0 Å². The van der Waals surface area contributed by atoms with Crippen LogP contribution in [0, 0.1) is 5.92 Å². The van der Waals surface area contributed by atoms with E-state index < -0.39 is 0 Å². The fourth-order valence-electron chi connectivity index (χ4n) is 2.28. The van der Waals surface area contributed by atoms with Crippen molar-refractivity contribution in [1.82, 2.24) is 10.6 Å². The minimum Gasteiger partial charge on any atom is -0.489 e. The lowest BCUT2D eigenvalue weighted by Gasteiger charge is -2.27. The number of amides is 1. The lowest BCUT2D eigenvalue weighted by molar-refractivity contribution is 0.0942. The smallest absolute Gasteiger partial charge is 0.251 e. The first kappa shape index (κ1) is 14.6. The van der Waals surface area contributed by atoms with Gasteiger partial charge in [0.15, 0.2) is 0 Å². The highest BCUT2D eigenvalue weighted by molar-refractivity contribution is 5.94. The molecule has 0 atom stereocenters. The predicted molar refractivity (Wildman–Crippen MR) is 85.9 cm³/mol. The van der Waals surface area contributed by atoms with E-state index in [1.54, 1.807) is 12.1 Å². The van der Waals surface area contributed by atoms with Crippen LogP contribution in [0.15, 0.2) is 54.6 Å². The summed E-state index contributed by atoms with van der Waals surface area (Å²) >= 11 is 0. The Morgan fingerprint density at radius 1 is 1.09 bits per heavy atom. The van der Waals surface area contributed by atoms with Gasteiger partial charge >= 0.3 is 0 Å². The molecule has 4 heteroatoms. The maximum atomic E-state index is 12.0. The average molecular weight is 296 g/mol. The highest BCUT2D eigenvalue weighted by Gasteiger charge is 2.17. The van der Waals surface area contributed by atoms with Crippen molar-refractivity contribution >= 4 is 5.91 Å². The zero-order valence-electron chi connectivity index (χ0n) is 12.4. The molecule has 0 radical (unpaired) electrons. The minimum absolute atomic E-state index is 0.0264. The van der Waals surface area contributed by atoms with Crippen molar-refractivity contribution in [1.29, 1.82) is 0 Å². The Morgan fingerprint density at radius 3 is 2.45 bits per heavy atom. The summed E-state index contributed by atoms with van der Waals surface area (Å²) in [6, 6.07) is 17.3. The molecule has 0 saturated carbocycles. The van der Waals surface area contributed by atoms with Crippen molar-refractivity contribution < 1.29 is 9.53 Å². The van der Waals surface area contributed by atoms with E-state index in [4.69, 9.17) is 4.74 Å². The standard InChI is InChI=1S/C18H20N2O2/c21-18(20-12-15-10-19-11-15)16-6-8-17(9-7-16)22-13-14-4-2-1-3-5-14/h1-9,15,19H,10-13H2,(H,20,21). The molecule has 22 heavy (non-hydrogen) atoms. The van der Waals surface area contributed by atoms with Crippen molar-refractivity contribution in [2.75, 3.05) is 19.6 Å². The van der Waals surface area contributed by atoms with E-state index in [-0.39, 0.29) is 5.91 Å². The second-order valence-electron chi connectivity index (χ2n) is 5.53. The fourth-order valence-corrected chi connectivity index (χ4v) is 2.28. The topological polar surface area (TPSA) is 50.4 Å². The number of hydrogen-bond donors (Lipinski definition) is 2. The van der Waals surface area contributed by atoms with Crippen LogP contribution in [0.2, 0.25) is 0 Å². The first-order valence-corrected chi connectivity index (χ1v) is 7.57. The van der Waals surface area contributed by atoms with Gasteiger partial charge in [0.1, 0.15) is 12.4 Å². The summed E-state index contributed by atoms with van der Waals surface area (Å²) in [4.78, 5) is 12.0. The van der Waals surface area contributed by atoms with E-state index in [1.807, 2.05) is 42.5 Å². The van der Waals surface area contributed by atoms with Crippen molar-refractivity contribution in [2.45, 2.75) is 6.61 Å². The Hall–Kier alpha value is -2.33. The van der Waals surface area contributed by atoms with Crippen LogP contribution in [0.3, 0.4) is 0 Å². The summed E-state index contributed by atoms with van der Waals surface area (Å²) < 4.78 is 5.71. The Balaban J connectivity index is 1.49. The molecule has 114 valence electrons. The van der Waals surface area contributed by atoms with Crippen molar-refractivity contribution in [2.24, 2.45) is 5.92 Å². The van der Waals surface area contributed by atoms with Crippen molar-refractivity contribution in [3.8, 4) is 5.75 Å². The largest absolute Gasteiger partial charge is 0.489 e. The fraction of sp³-hybridized carbons (Fsp3) is 0.278. The Labute approximate surface area is 130 Å². The van der Waals surface area contributed by atoms with Crippen LogP contribution in [-0.4, -0.2) is 25.5 Å². The van der Waals surface area contributed by atoms with Crippen LogP contribution in [0.25, 0.3) is 0 Å². The second kappa shape index (κ2) is 7.09. The van der Waals surface area contributed by atoms with Gasteiger partial charge in [0.05, 0.1) is 0 Å². The Kier molecular flexibility index (Phi) is 4.71. The van der Waals surface area contributed by atoms with Gasteiger partial charge in [0.25, 0.3) is 5.91 Å². The van der Waals surface area contributed by atoms with Crippen LogP contribution in [-0.2, 0) is 6.61 Å². The van der Waals surface area contributed by atoms with Crippen molar-refractivity contribution in [3.63, 3.8) is 0 Å². The number of hydrogen-bond acceptors (Lipinski definition) is 3. The zero-order chi connectivity index (χ0) is 15.2. The van der Waals surface area contributed by atoms with Gasteiger partial charge in [0, 0.05) is 31.1 Å². The van der Waals surface area contributed by atoms with Crippen LogP contribution in [0.5, 0.6) is 5.75 Å². The highest BCUT2D eigenvalue weighted by atomic mass is 16.5. The summed E-state index contributed by atoms with van der Waals surface area (Å²) in [5, 5.41) is 6.15. The van der Waals surface area contributed by atoms with Gasteiger partial charge in [-0.25, -0.2) is 0 Å². The molecular formula is C18H20N2O2. The highest BCUT2D eigenvalue weighted by Crippen LogP contribution is 2.14. The molecule has 1 aliphatic heterocycles. The summed E-state index contributed by atoms with van der Waals surface area (Å²) in [5.74, 6) is 1.31. The molecule has 1 heterocycles. The van der Waals surface area contributed by atoms with Gasteiger partial charge in [-0.2, -0.15) is 0 Å². The van der Waals surface area contributed by atoms with E-state index in [0.29, 0.717) is 18.1 Å². The predicted octanol–water partition coefficient (Wildman–Crippen LogP) is 2.21. The molecule has 1 amide bonds. The van der Waals surface area contributed by atoms with Crippen LogP contribution >= 0.6 is 0 Å². The van der Waals surface area contributed by atoms with Gasteiger partial charge in [-0.05, 0) is 29.8 Å². The van der Waals surface area contributed by atoms with Crippen molar-refractivity contribution in [3.05, 3.63) is 65.7 Å². The number of ether oxygens (including phenoxy) is 1. The SMILES string of the molecule is O=C(NCC1CNC1)c1ccc(OCc2ccccc2)cc1. The molecule has 2 aromatic rings. The number of rotatable bonds is 6. The van der Waals surface area contributed by atoms with Gasteiger partial charge < -0.3 is 15.4 Å². The summed E-state index contributed by atoms with van der Waals surface area (Å²) in [6.45, 7) is 3.25. The lowest BCUT2D eigenvalue weighted by Crippen LogP contribution is -2.48. The molecule has 0 unspecified atom stereocenters. The second-order valence-corrected chi connectivity index (χ2v) is 5.53. The molecular weight excluding hydrogens is 276 g/mol. The van der Waals surface area contributed by atoms with Crippen LogP contribution < -0.4 is 15.4 Å². The van der Waals surface area contributed by atoms with E-state index >= 15 is 0 Å². The van der Waals surface area contributed by atoms with Gasteiger partial charge in [0.2, 0.25) is 0 Å². The summed E-state index contributed by atoms with van der Waals surface area (Å²) in [5.41, 5.74) is 1.79. The molecule has 2 N–H and O–H groups in total. The van der Waals surface area contributed by atoms with E-state index in [0.717, 1.165) is 30.9 Å². The normalized spacial score (nSPS) is 14.2. The number of carbonyl (C=O) groups is 1.